The van der Waals surface area contributed by atoms with Gasteiger partial charge in [0.25, 0.3) is 0 Å². The van der Waals surface area contributed by atoms with Crippen LogP contribution in [0, 0.1) is 0 Å². The second-order valence-corrected chi connectivity index (χ2v) is 6.57. The average Bonchev–Trinajstić information content (AvgIpc) is 2.88. The number of hydrogen-bond acceptors (Lipinski definition) is 4. The largest absolute Gasteiger partial charge is 0.478 e. The van der Waals surface area contributed by atoms with Crippen molar-refractivity contribution in [3.63, 3.8) is 0 Å². The molecule has 0 saturated heterocycles. The molecule has 21 heavy (non-hydrogen) atoms. The number of carboxylic acids is 1. The van der Waals surface area contributed by atoms with Gasteiger partial charge >= 0.3 is 5.97 Å². The smallest absolute Gasteiger partial charge is 0.337 e. The predicted octanol–water partition coefficient (Wildman–Crippen LogP) is 2.76. The third-order valence-corrected chi connectivity index (χ3v) is 4.77. The molecule has 0 spiro atoms. The summed E-state index contributed by atoms with van der Waals surface area (Å²) in [6.45, 7) is -0.0137. The summed E-state index contributed by atoms with van der Waals surface area (Å²) in [6.07, 6.45) is 2.79. The highest BCUT2D eigenvalue weighted by atomic mass is 35.5. The number of carbonyl (C=O) groups is 1. The summed E-state index contributed by atoms with van der Waals surface area (Å²) in [6, 6.07) is 3.60. The quantitative estimate of drug-likeness (QED) is 0.864. The molecule has 2 rings (SSSR count). The Hall–Kier alpha value is -1.54. The average molecular weight is 350 g/mol. The second-order valence-electron chi connectivity index (χ2n) is 4.02. The number of sulfonamides is 1. The zero-order chi connectivity index (χ0) is 15.6. The molecule has 0 saturated carbocycles. The van der Waals surface area contributed by atoms with Gasteiger partial charge in [0.2, 0.25) is 10.0 Å². The number of aromatic carboxylic acids is 1. The highest BCUT2D eigenvalue weighted by Crippen LogP contribution is 2.28. The summed E-state index contributed by atoms with van der Waals surface area (Å²) in [7, 11) is -3.99. The van der Waals surface area contributed by atoms with Gasteiger partial charge in [0.1, 0.15) is 4.90 Å². The van der Waals surface area contributed by atoms with Crippen molar-refractivity contribution in [3.8, 4) is 0 Å². The fourth-order valence-corrected chi connectivity index (χ4v) is 3.42. The first kappa shape index (κ1) is 15.8. The lowest BCUT2D eigenvalue weighted by molar-refractivity contribution is 0.0697. The van der Waals surface area contributed by atoms with E-state index in [1.807, 2.05) is 0 Å². The van der Waals surface area contributed by atoms with Gasteiger partial charge in [0.05, 0.1) is 28.1 Å². The van der Waals surface area contributed by atoms with Gasteiger partial charge in [-0.25, -0.2) is 17.9 Å². The zero-order valence-electron chi connectivity index (χ0n) is 10.3. The normalized spacial score (nSPS) is 11.5. The molecule has 2 N–H and O–H groups in total. The molecule has 0 fully saturated rings. The minimum atomic E-state index is -3.99. The first-order chi connectivity index (χ1) is 9.81. The lowest BCUT2D eigenvalue weighted by Crippen LogP contribution is -2.23. The molecule has 6 nitrogen and oxygen atoms in total. The highest BCUT2D eigenvalue weighted by Gasteiger charge is 2.22. The Balaban J connectivity index is 2.35. The minimum Gasteiger partial charge on any atom is -0.478 e. The molecule has 0 amide bonds. The van der Waals surface area contributed by atoms with Gasteiger partial charge in [0.15, 0.2) is 0 Å². The number of benzene rings is 1. The van der Waals surface area contributed by atoms with Crippen LogP contribution in [0.4, 0.5) is 0 Å². The van der Waals surface area contributed by atoms with Crippen molar-refractivity contribution in [1.29, 1.82) is 0 Å². The molecule has 0 aliphatic heterocycles. The van der Waals surface area contributed by atoms with Crippen LogP contribution in [0.1, 0.15) is 15.9 Å². The third-order valence-electron chi connectivity index (χ3n) is 2.59. The molecule has 0 atom stereocenters. The monoisotopic (exact) mass is 349 g/mol. The van der Waals surface area contributed by atoms with Gasteiger partial charge in [-0.15, -0.1) is 0 Å². The Bertz CT molecular complexity index is 771. The molecular formula is C12H9Cl2NO5S. The fourth-order valence-electron chi connectivity index (χ4n) is 1.55. The molecule has 1 aromatic carbocycles. The van der Waals surface area contributed by atoms with Crippen molar-refractivity contribution < 1.29 is 22.7 Å². The summed E-state index contributed by atoms with van der Waals surface area (Å²) in [5, 5.41) is 8.67. The van der Waals surface area contributed by atoms with E-state index in [0.717, 1.165) is 12.1 Å². The second kappa shape index (κ2) is 6.07. The van der Waals surface area contributed by atoms with Crippen LogP contribution in [0.25, 0.3) is 0 Å². The van der Waals surface area contributed by atoms with E-state index in [1.54, 1.807) is 6.07 Å². The Kier molecular flexibility index (Phi) is 4.58. The lowest BCUT2D eigenvalue weighted by Gasteiger charge is -2.09. The van der Waals surface area contributed by atoms with E-state index in [-0.39, 0.29) is 27.0 Å². The first-order valence-corrected chi connectivity index (χ1v) is 7.78. The van der Waals surface area contributed by atoms with Crippen molar-refractivity contribution in [2.24, 2.45) is 0 Å². The van der Waals surface area contributed by atoms with Gasteiger partial charge in [-0.05, 0) is 18.2 Å². The van der Waals surface area contributed by atoms with Gasteiger partial charge in [-0.2, -0.15) is 0 Å². The topological polar surface area (TPSA) is 96.6 Å². The molecule has 0 aliphatic rings. The van der Waals surface area contributed by atoms with Crippen LogP contribution in [0.3, 0.4) is 0 Å². The predicted molar refractivity (Wildman–Crippen MR) is 76.2 cm³/mol. The summed E-state index contributed by atoms with van der Waals surface area (Å²) in [4.78, 5) is 10.6. The van der Waals surface area contributed by atoms with Crippen LogP contribution in [0.5, 0.6) is 0 Å². The Morgan fingerprint density at radius 1 is 1.29 bits per heavy atom. The van der Waals surface area contributed by atoms with Crippen molar-refractivity contribution in [2.75, 3.05) is 0 Å². The maximum atomic E-state index is 12.2. The van der Waals surface area contributed by atoms with Crippen LogP contribution >= 0.6 is 23.2 Å². The third kappa shape index (κ3) is 3.56. The van der Waals surface area contributed by atoms with Crippen LogP contribution < -0.4 is 4.72 Å². The van der Waals surface area contributed by atoms with E-state index in [1.165, 1.54) is 12.5 Å². The van der Waals surface area contributed by atoms with Crippen LogP contribution in [-0.2, 0) is 16.6 Å². The van der Waals surface area contributed by atoms with Gasteiger partial charge in [0, 0.05) is 12.1 Å². The van der Waals surface area contributed by atoms with E-state index < -0.39 is 16.0 Å². The number of rotatable bonds is 5. The molecular weight excluding hydrogens is 341 g/mol. The molecule has 0 unspecified atom stereocenters. The van der Waals surface area contributed by atoms with E-state index in [9.17, 15) is 13.2 Å². The van der Waals surface area contributed by atoms with Gasteiger partial charge in [-0.3, -0.25) is 0 Å². The Labute approximate surface area is 130 Å². The van der Waals surface area contributed by atoms with Crippen molar-refractivity contribution >= 4 is 39.2 Å². The first-order valence-electron chi connectivity index (χ1n) is 5.54. The van der Waals surface area contributed by atoms with Crippen molar-refractivity contribution in [1.82, 2.24) is 4.72 Å². The molecule has 0 bridgehead atoms. The SMILES string of the molecule is O=C(O)c1cc(S(=O)(=O)NCc2ccoc2)c(Cl)cc1Cl. The molecule has 0 radical (unpaired) electrons. The Morgan fingerprint density at radius 2 is 2.00 bits per heavy atom. The number of furan rings is 1. The number of carboxylic acid groups (broad SMARTS) is 1. The Morgan fingerprint density at radius 3 is 2.57 bits per heavy atom. The maximum absolute atomic E-state index is 12.2. The fraction of sp³-hybridized carbons (Fsp3) is 0.0833. The van der Waals surface area contributed by atoms with Crippen LogP contribution in [-0.4, -0.2) is 19.5 Å². The molecule has 1 heterocycles. The van der Waals surface area contributed by atoms with Crippen LogP contribution in [0.15, 0.2) is 40.0 Å². The minimum absolute atomic E-state index is 0.0137. The molecule has 112 valence electrons. The van der Waals surface area contributed by atoms with Gasteiger partial charge < -0.3 is 9.52 Å². The highest BCUT2D eigenvalue weighted by molar-refractivity contribution is 7.89. The maximum Gasteiger partial charge on any atom is 0.337 e. The van der Waals surface area contributed by atoms with Gasteiger partial charge in [-0.1, -0.05) is 23.2 Å². The number of hydrogen-bond donors (Lipinski definition) is 2. The summed E-state index contributed by atoms with van der Waals surface area (Å²) in [5.41, 5.74) is 0.270. The molecule has 9 heteroatoms. The van der Waals surface area contributed by atoms with Crippen molar-refractivity contribution in [3.05, 3.63) is 51.9 Å². The van der Waals surface area contributed by atoms with E-state index in [4.69, 9.17) is 32.7 Å². The molecule has 2 aromatic rings. The molecule has 0 aliphatic carbocycles. The number of nitrogens with one attached hydrogen (secondary N) is 1. The summed E-state index contributed by atoms with van der Waals surface area (Å²) < 4.78 is 31.5. The lowest BCUT2D eigenvalue weighted by atomic mass is 10.2. The zero-order valence-corrected chi connectivity index (χ0v) is 12.7. The van der Waals surface area contributed by atoms with E-state index in [0.29, 0.717) is 5.56 Å². The molecule has 1 aromatic heterocycles. The summed E-state index contributed by atoms with van der Waals surface area (Å²) in [5.74, 6) is -1.34. The van der Waals surface area contributed by atoms with E-state index >= 15 is 0 Å². The standard InChI is InChI=1S/C12H9Cl2NO5S/c13-9-4-10(14)11(3-8(9)12(16)17)21(18,19)15-5-7-1-2-20-6-7/h1-4,6,15H,5H2,(H,16,17). The number of halogens is 2. The van der Waals surface area contributed by atoms with Crippen molar-refractivity contribution in [2.45, 2.75) is 11.4 Å². The van der Waals surface area contributed by atoms with E-state index in [2.05, 4.69) is 4.72 Å². The van der Waals surface area contributed by atoms with Crippen LogP contribution in [0.2, 0.25) is 10.0 Å². The summed E-state index contributed by atoms with van der Waals surface area (Å²) >= 11 is 11.5.